The number of benzene rings is 1. The van der Waals surface area contributed by atoms with E-state index in [0.717, 1.165) is 25.1 Å². The van der Waals surface area contributed by atoms with Crippen LogP contribution in [0.25, 0.3) is 0 Å². The normalized spacial score (nSPS) is 24.6. The van der Waals surface area contributed by atoms with E-state index in [0.29, 0.717) is 22.3 Å². The fourth-order valence-corrected chi connectivity index (χ4v) is 2.64. The molecule has 1 fully saturated rings. The second-order valence-corrected chi connectivity index (χ2v) is 5.52. The largest absolute Gasteiger partial charge is 0.399 e. The Morgan fingerprint density at radius 1 is 1.35 bits per heavy atom. The second-order valence-electron chi connectivity index (χ2n) is 4.70. The molecule has 17 heavy (non-hydrogen) atoms. The number of rotatable bonds is 2. The highest BCUT2D eigenvalue weighted by atomic mass is 35.5. The molecule has 1 saturated heterocycles. The molecular weight excluding hydrogens is 259 g/mol. The molecule has 94 valence electrons. The Morgan fingerprint density at radius 3 is 2.53 bits per heavy atom. The van der Waals surface area contributed by atoms with Gasteiger partial charge in [0.1, 0.15) is 0 Å². The van der Waals surface area contributed by atoms with Crippen LogP contribution in [0.2, 0.25) is 10.0 Å². The average Bonchev–Trinajstić information content (AvgIpc) is 2.24. The Bertz CT molecular complexity index is 394. The van der Waals surface area contributed by atoms with Crippen LogP contribution in [-0.4, -0.2) is 18.8 Å². The summed E-state index contributed by atoms with van der Waals surface area (Å²) in [5, 5.41) is 4.46. The van der Waals surface area contributed by atoms with E-state index in [1.807, 2.05) is 0 Å². The summed E-state index contributed by atoms with van der Waals surface area (Å²) >= 11 is 12.3. The molecule has 1 aromatic rings. The van der Waals surface area contributed by atoms with Crippen LogP contribution in [0.5, 0.6) is 0 Å². The summed E-state index contributed by atoms with van der Waals surface area (Å²) in [7, 11) is 0. The summed E-state index contributed by atoms with van der Waals surface area (Å²) in [6, 6.07) is 3.39. The molecule has 1 aliphatic rings. The zero-order valence-corrected chi connectivity index (χ0v) is 11.2. The molecule has 3 N–H and O–H groups in total. The van der Waals surface area contributed by atoms with Gasteiger partial charge >= 0.3 is 0 Å². The topological polar surface area (TPSA) is 47.3 Å². The van der Waals surface area contributed by atoms with E-state index >= 15 is 0 Å². The Morgan fingerprint density at radius 2 is 2.00 bits per heavy atom. The predicted octanol–water partition coefficient (Wildman–Crippen LogP) is 3.56. The lowest BCUT2D eigenvalue weighted by Gasteiger charge is -2.35. The first-order chi connectivity index (χ1) is 8.00. The maximum absolute atomic E-state index is 6.15. The van der Waals surface area contributed by atoms with Crippen molar-refractivity contribution in [3.8, 4) is 0 Å². The van der Waals surface area contributed by atoms with Crippen LogP contribution < -0.4 is 11.1 Å². The fourth-order valence-electron chi connectivity index (χ4n) is 2.05. The molecule has 1 heterocycles. The van der Waals surface area contributed by atoms with Crippen LogP contribution >= 0.6 is 23.2 Å². The molecule has 0 aliphatic carbocycles. The molecule has 0 bridgehead atoms. The van der Waals surface area contributed by atoms with Gasteiger partial charge in [0.25, 0.3) is 0 Å². The maximum Gasteiger partial charge on any atom is 0.0725 e. The molecule has 0 spiro atoms. The van der Waals surface area contributed by atoms with Crippen LogP contribution in [0.15, 0.2) is 12.1 Å². The van der Waals surface area contributed by atoms with E-state index in [4.69, 9.17) is 33.7 Å². The van der Waals surface area contributed by atoms with Gasteiger partial charge in [-0.25, -0.2) is 0 Å². The van der Waals surface area contributed by atoms with Crippen LogP contribution in [0, 0.1) is 0 Å². The molecule has 0 aromatic heterocycles. The molecule has 2 rings (SSSR count). The van der Waals surface area contributed by atoms with E-state index in [-0.39, 0.29) is 5.54 Å². The van der Waals surface area contributed by atoms with Gasteiger partial charge in [0.05, 0.1) is 27.9 Å². The van der Waals surface area contributed by atoms with Crippen molar-refractivity contribution in [2.24, 2.45) is 0 Å². The maximum atomic E-state index is 6.15. The van der Waals surface area contributed by atoms with E-state index < -0.39 is 0 Å². The van der Waals surface area contributed by atoms with Crippen LogP contribution in [0.1, 0.15) is 19.8 Å². The summed E-state index contributed by atoms with van der Waals surface area (Å²) in [5.41, 5.74) is 6.85. The van der Waals surface area contributed by atoms with E-state index in [1.165, 1.54) is 0 Å². The summed E-state index contributed by atoms with van der Waals surface area (Å²) in [6.45, 7) is 3.58. The Balaban J connectivity index is 2.23. The van der Waals surface area contributed by atoms with Crippen molar-refractivity contribution >= 4 is 34.6 Å². The average molecular weight is 275 g/mol. The SMILES string of the molecule is CC1(Nc2c(Cl)cc(N)cc2Cl)CCCOC1. The minimum atomic E-state index is -0.123. The third kappa shape index (κ3) is 2.97. The monoisotopic (exact) mass is 274 g/mol. The summed E-state index contributed by atoms with van der Waals surface area (Å²) in [6.07, 6.45) is 2.07. The van der Waals surface area contributed by atoms with Gasteiger partial charge in [0.15, 0.2) is 0 Å². The minimum Gasteiger partial charge on any atom is -0.399 e. The number of nitrogens with one attached hydrogen (secondary N) is 1. The molecule has 1 aliphatic heterocycles. The lowest BCUT2D eigenvalue weighted by atomic mass is 9.94. The van der Waals surface area contributed by atoms with Crippen molar-refractivity contribution in [2.45, 2.75) is 25.3 Å². The molecule has 0 amide bonds. The van der Waals surface area contributed by atoms with Gasteiger partial charge < -0.3 is 15.8 Å². The molecule has 3 nitrogen and oxygen atoms in total. The van der Waals surface area contributed by atoms with Gasteiger partial charge in [-0.3, -0.25) is 0 Å². The zero-order chi connectivity index (χ0) is 12.5. The first-order valence-corrected chi connectivity index (χ1v) is 6.36. The molecule has 1 atom stereocenters. The third-order valence-electron chi connectivity index (χ3n) is 2.93. The number of anilines is 2. The highest BCUT2D eigenvalue weighted by Gasteiger charge is 2.28. The van der Waals surface area contributed by atoms with Gasteiger partial charge in [0, 0.05) is 12.3 Å². The Kier molecular flexibility index (Phi) is 3.71. The van der Waals surface area contributed by atoms with Crippen LogP contribution in [-0.2, 0) is 4.74 Å². The fraction of sp³-hybridized carbons (Fsp3) is 0.500. The number of hydrogen-bond donors (Lipinski definition) is 2. The highest BCUT2D eigenvalue weighted by molar-refractivity contribution is 6.39. The molecule has 1 unspecified atom stereocenters. The van der Waals surface area contributed by atoms with Gasteiger partial charge in [-0.1, -0.05) is 23.2 Å². The van der Waals surface area contributed by atoms with Crippen molar-refractivity contribution < 1.29 is 4.74 Å². The number of halogens is 2. The summed E-state index contributed by atoms with van der Waals surface area (Å²) in [5.74, 6) is 0. The first kappa shape index (κ1) is 12.8. The van der Waals surface area contributed by atoms with Crippen molar-refractivity contribution in [1.29, 1.82) is 0 Å². The number of ether oxygens (including phenoxy) is 1. The Labute approximate surface area is 111 Å². The standard InChI is InChI=1S/C12H16Cl2N2O/c1-12(3-2-4-17-7-12)16-11-9(13)5-8(15)6-10(11)14/h5-6,16H,2-4,7,15H2,1H3. The quantitative estimate of drug-likeness (QED) is 0.811. The van der Waals surface area contributed by atoms with E-state index in [2.05, 4.69) is 12.2 Å². The molecule has 0 radical (unpaired) electrons. The van der Waals surface area contributed by atoms with Gasteiger partial charge in [-0.05, 0) is 31.9 Å². The lowest BCUT2D eigenvalue weighted by Crippen LogP contribution is -2.43. The number of hydrogen-bond acceptors (Lipinski definition) is 3. The zero-order valence-electron chi connectivity index (χ0n) is 9.72. The molecule has 0 saturated carbocycles. The molecular formula is C12H16Cl2N2O. The van der Waals surface area contributed by atoms with Gasteiger partial charge in [0.2, 0.25) is 0 Å². The van der Waals surface area contributed by atoms with Gasteiger partial charge in [-0.15, -0.1) is 0 Å². The van der Waals surface area contributed by atoms with Crippen molar-refractivity contribution in [1.82, 2.24) is 0 Å². The second kappa shape index (κ2) is 4.92. The third-order valence-corrected chi connectivity index (χ3v) is 3.53. The summed E-state index contributed by atoms with van der Waals surface area (Å²) in [4.78, 5) is 0. The molecule has 5 heteroatoms. The van der Waals surface area contributed by atoms with Crippen molar-refractivity contribution in [3.63, 3.8) is 0 Å². The van der Waals surface area contributed by atoms with Crippen LogP contribution in [0.3, 0.4) is 0 Å². The Hall–Kier alpha value is -0.640. The number of nitrogens with two attached hydrogens (primary N) is 1. The highest BCUT2D eigenvalue weighted by Crippen LogP contribution is 2.36. The van der Waals surface area contributed by atoms with Crippen molar-refractivity contribution in [3.05, 3.63) is 22.2 Å². The van der Waals surface area contributed by atoms with E-state index in [1.54, 1.807) is 12.1 Å². The van der Waals surface area contributed by atoms with Crippen molar-refractivity contribution in [2.75, 3.05) is 24.3 Å². The smallest absolute Gasteiger partial charge is 0.0725 e. The first-order valence-electron chi connectivity index (χ1n) is 5.61. The minimum absolute atomic E-state index is 0.123. The predicted molar refractivity (Wildman–Crippen MR) is 73.0 cm³/mol. The summed E-state index contributed by atoms with van der Waals surface area (Å²) < 4.78 is 5.49. The number of nitrogen functional groups attached to an aromatic ring is 1. The van der Waals surface area contributed by atoms with Gasteiger partial charge in [-0.2, -0.15) is 0 Å². The molecule has 1 aromatic carbocycles. The lowest BCUT2D eigenvalue weighted by molar-refractivity contribution is 0.0540. The van der Waals surface area contributed by atoms with E-state index in [9.17, 15) is 0 Å². The van der Waals surface area contributed by atoms with Crippen LogP contribution in [0.4, 0.5) is 11.4 Å².